The molecule has 1 N–H and O–H groups in total. The van der Waals surface area contributed by atoms with Gasteiger partial charge in [0.25, 0.3) is 0 Å². The maximum atomic E-state index is 12.4. The van der Waals surface area contributed by atoms with Gasteiger partial charge in [0.15, 0.2) is 0 Å². The summed E-state index contributed by atoms with van der Waals surface area (Å²) < 4.78 is 0. The molecule has 4 unspecified atom stereocenters. The van der Waals surface area contributed by atoms with E-state index in [9.17, 15) is 4.79 Å². The van der Waals surface area contributed by atoms with Crippen LogP contribution in [0.15, 0.2) is 0 Å². The summed E-state index contributed by atoms with van der Waals surface area (Å²) in [5.41, 5.74) is 0. The number of hydrogen-bond acceptors (Lipinski definition) is 1. The van der Waals surface area contributed by atoms with Crippen LogP contribution in [0.2, 0.25) is 0 Å². The van der Waals surface area contributed by atoms with E-state index in [1.165, 1.54) is 32.1 Å². The van der Waals surface area contributed by atoms with Crippen LogP contribution in [-0.4, -0.2) is 17.8 Å². The molecular weight excluding hydrogens is 258 g/mol. The number of amides is 1. The van der Waals surface area contributed by atoms with Crippen LogP contribution in [0.1, 0.15) is 64.7 Å². The molecule has 110 valence electrons. The lowest BCUT2D eigenvalue weighted by Gasteiger charge is -2.39. The number of carbonyl (C=O) groups excluding carboxylic acids is 1. The van der Waals surface area contributed by atoms with Crippen molar-refractivity contribution < 1.29 is 4.79 Å². The Morgan fingerprint density at radius 1 is 1.21 bits per heavy atom. The van der Waals surface area contributed by atoms with Crippen LogP contribution in [0.3, 0.4) is 0 Å². The maximum Gasteiger partial charge on any atom is 0.223 e. The van der Waals surface area contributed by atoms with Crippen molar-refractivity contribution in [1.29, 1.82) is 0 Å². The Morgan fingerprint density at radius 3 is 2.63 bits per heavy atom. The molecule has 2 nitrogen and oxygen atoms in total. The molecule has 1 amide bonds. The Bertz CT molecular complexity index is 294. The quantitative estimate of drug-likeness (QED) is 0.757. The van der Waals surface area contributed by atoms with Gasteiger partial charge in [-0.15, -0.1) is 11.6 Å². The largest absolute Gasteiger partial charge is 0.353 e. The number of hydrogen-bond donors (Lipinski definition) is 1. The predicted molar refractivity (Wildman–Crippen MR) is 80.3 cm³/mol. The van der Waals surface area contributed by atoms with Gasteiger partial charge >= 0.3 is 0 Å². The molecule has 0 aliphatic heterocycles. The second-order valence-corrected chi connectivity index (χ2v) is 6.78. The first-order valence-electron chi connectivity index (χ1n) is 8.11. The molecule has 2 fully saturated rings. The molecule has 19 heavy (non-hydrogen) atoms. The Morgan fingerprint density at radius 2 is 1.95 bits per heavy atom. The van der Waals surface area contributed by atoms with Gasteiger partial charge in [-0.3, -0.25) is 4.79 Å². The zero-order valence-electron chi connectivity index (χ0n) is 12.2. The van der Waals surface area contributed by atoms with E-state index in [1.54, 1.807) is 0 Å². The molecule has 0 heterocycles. The van der Waals surface area contributed by atoms with Crippen LogP contribution in [0.4, 0.5) is 0 Å². The van der Waals surface area contributed by atoms with E-state index in [0.29, 0.717) is 11.8 Å². The summed E-state index contributed by atoms with van der Waals surface area (Å²) in [6.07, 6.45) is 10.9. The zero-order chi connectivity index (χ0) is 13.7. The molecule has 0 saturated heterocycles. The standard InChI is InChI=1S/C16H28ClNO/c1-2-15(9-10-17)18-16(19)14-8-7-12-5-3-4-6-13(12)11-14/h12-15H,2-11H2,1H3,(H,18,19). The van der Waals surface area contributed by atoms with Gasteiger partial charge in [-0.1, -0.05) is 32.6 Å². The van der Waals surface area contributed by atoms with Crippen molar-refractivity contribution in [1.82, 2.24) is 5.32 Å². The topological polar surface area (TPSA) is 29.1 Å². The summed E-state index contributed by atoms with van der Waals surface area (Å²) in [6, 6.07) is 0.272. The summed E-state index contributed by atoms with van der Waals surface area (Å²) in [6.45, 7) is 2.12. The fraction of sp³-hybridized carbons (Fsp3) is 0.938. The zero-order valence-corrected chi connectivity index (χ0v) is 12.9. The van der Waals surface area contributed by atoms with Crippen molar-refractivity contribution in [3.05, 3.63) is 0 Å². The lowest BCUT2D eigenvalue weighted by Crippen LogP contribution is -2.42. The minimum absolute atomic E-state index is 0.267. The van der Waals surface area contributed by atoms with Gasteiger partial charge in [-0.2, -0.15) is 0 Å². The Hall–Kier alpha value is -0.240. The summed E-state index contributed by atoms with van der Waals surface area (Å²) in [7, 11) is 0. The van der Waals surface area contributed by atoms with Gasteiger partial charge in [-0.05, 0) is 43.9 Å². The van der Waals surface area contributed by atoms with Gasteiger partial charge in [0.1, 0.15) is 0 Å². The first-order valence-corrected chi connectivity index (χ1v) is 8.64. The van der Waals surface area contributed by atoms with E-state index >= 15 is 0 Å². The number of carbonyl (C=O) groups is 1. The van der Waals surface area contributed by atoms with Crippen molar-refractivity contribution in [2.45, 2.75) is 70.8 Å². The average molecular weight is 286 g/mol. The SMILES string of the molecule is CCC(CCCl)NC(=O)C1CCC2CCCCC2C1. The molecule has 0 aromatic rings. The van der Waals surface area contributed by atoms with Gasteiger partial charge < -0.3 is 5.32 Å². The highest BCUT2D eigenvalue weighted by molar-refractivity contribution is 6.17. The molecule has 0 radical (unpaired) electrons. The summed E-state index contributed by atoms with van der Waals surface area (Å²) in [5.74, 6) is 2.94. The van der Waals surface area contributed by atoms with Crippen molar-refractivity contribution in [2.24, 2.45) is 17.8 Å². The van der Waals surface area contributed by atoms with Crippen molar-refractivity contribution >= 4 is 17.5 Å². The Balaban J connectivity index is 1.82. The molecule has 0 aromatic carbocycles. The first kappa shape index (κ1) is 15.2. The van der Waals surface area contributed by atoms with Crippen LogP contribution < -0.4 is 5.32 Å². The molecule has 2 aliphatic rings. The van der Waals surface area contributed by atoms with E-state index in [0.717, 1.165) is 37.5 Å². The Kier molecular flexibility index (Phi) is 6.00. The highest BCUT2D eigenvalue weighted by atomic mass is 35.5. The molecule has 0 spiro atoms. The number of fused-ring (bicyclic) bond motifs is 1. The highest BCUT2D eigenvalue weighted by Crippen LogP contribution is 2.42. The molecule has 2 rings (SSSR count). The smallest absolute Gasteiger partial charge is 0.223 e. The Labute approximate surface area is 122 Å². The molecule has 2 saturated carbocycles. The van der Waals surface area contributed by atoms with E-state index < -0.39 is 0 Å². The number of rotatable bonds is 5. The third-order valence-electron chi connectivity index (χ3n) is 5.21. The van der Waals surface area contributed by atoms with Gasteiger partial charge in [-0.25, -0.2) is 0 Å². The molecule has 4 atom stereocenters. The molecule has 0 aromatic heterocycles. The van der Waals surface area contributed by atoms with Gasteiger partial charge in [0, 0.05) is 17.8 Å². The van der Waals surface area contributed by atoms with Crippen LogP contribution in [0.5, 0.6) is 0 Å². The molecule has 3 heteroatoms. The normalized spacial score (nSPS) is 32.4. The minimum Gasteiger partial charge on any atom is -0.353 e. The third-order valence-corrected chi connectivity index (χ3v) is 5.43. The first-order chi connectivity index (χ1) is 9.24. The summed E-state index contributed by atoms with van der Waals surface area (Å²) >= 11 is 5.78. The number of nitrogens with one attached hydrogen (secondary N) is 1. The third kappa shape index (κ3) is 4.11. The highest BCUT2D eigenvalue weighted by Gasteiger charge is 2.35. The average Bonchev–Trinajstić information content (AvgIpc) is 2.46. The lowest BCUT2D eigenvalue weighted by molar-refractivity contribution is -0.128. The molecular formula is C16H28ClNO. The van der Waals surface area contributed by atoms with Crippen molar-refractivity contribution in [2.75, 3.05) is 5.88 Å². The second kappa shape index (κ2) is 7.52. The van der Waals surface area contributed by atoms with Gasteiger partial charge in [0.05, 0.1) is 0 Å². The monoisotopic (exact) mass is 285 g/mol. The van der Waals surface area contributed by atoms with Crippen LogP contribution in [0, 0.1) is 17.8 Å². The predicted octanol–water partition coefficient (Wildman–Crippen LogP) is 4.12. The fourth-order valence-corrected chi connectivity index (χ4v) is 4.20. The second-order valence-electron chi connectivity index (χ2n) is 6.41. The van der Waals surface area contributed by atoms with E-state index in [2.05, 4.69) is 12.2 Å². The van der Waals surface area contributed by atoms with Crippen LogP contribution in [-0.2, 0) is 4.79 Å². The molecule has 0 bridgehead atoms. The van der Waals surface area contributed by atoms with E-state index in [1.807, 2.05) is 0 Å². The van der Waals surface area contributed by atoms with E-state index in [-0.39, 0.29) is 12.0 Å². The summed E-state index contributed by atoms with van der Waals surface area (Å²) in [5, 5.41) is 3.21. The minimum atomic E-state index is 0.267. The number of halogens is 1. The number of alkyl halides is 1. The summed E-state index contributed by atoms with van der Waals surface area (Å²) in [4.78, 5) is 12.4. The van der Waals surface area contributed by atoms with Crippen molar-refractivity contribution in [3.8, 4) is 0 Å². The fourth-order valence-electron chi connectivity index (χ4n) is 3.94. The van der Waals surface area contributed by atoms with E-state index in [4.69, 9.17) is 11.6 Å². The van der Waals surface area contributed by atoms with Crippen LogP contribution in [0.25, 0.3) is 0 Å². The van der Waals surface area contributed by atoms with Crippen LogP contribution >= 0.6 is 11.6 Å². The van der Waals surface area contributed by atoms with Gasteiger partial charge in [0.2, 0.25) is 5.91 Å². The lowest BCUT2D eigenvalue weighted by atomic mass is 9.67. The maximum absolute atomic E-state index is 12.4. The van der Waals surface area contributed by atoms with Crippen molar-refractivity contribution in [3.63, 3.8) is 0 Å². The molecule has 2 aliphatic carbocycles.